The highest BCUT2D eigenvalue weighted by Crippen LogP contribution is 2.42. The van der Waals surface area contributed by atoms with Gasteiger partial charge < -0.3 is 0 Å². The van der Waals surface area contributed by atoms with Crippen molar-refractivity contribution in [1.82, 2.24) is 10.2 Å². The van der Waals surface area contributed by atoms with Gasteiger partial charge in [0, 0.05) is 11.5 Å². The van der Waals surface area contributed by atoms with Gasteiger partial charge in [0.15, 0.2) is 0 Å². The number of carbonyl (C=O) groups excluding carboxylic acids is 1. The quantitative estimate of drug-likeness (QED) is 0.778. The van der Waals surface area contributed by atoms with Crippen LogP contribution in [-0.2, 0) is 0 Å². The monoisotopic (exact) mass is 321 g/mol. The maximum absolute atomic E-state index is 12.6. The van der Waals surface area contributed by atoms with Crippen LogP contribution >= 0.6 is 11.3 Å². The van der Waals surface area contributed by atoms with E-state index in [1.165, 1.54) is 24.2 Å². The maximum atomic E-state index is 12.6. The first-order valence-corrected chi connectivity index (χ1v) is 8.42. The summed E-state index contributed by atoms with van der Waals surface area (Å²) in [6.07, 6.45) is 2.36. The van der Waals surface area contributed by atoms with E-state index in [1.807, 2.05) is 54.6 Å². The minimum absolute atomic E-state index is 0.150. The summed E-state index contributed by atoms with van der Waals surface area (Å²) >= 11 is 1.47. The molecule has 3 aromatic rings. The Morgan fingerprint density at radius 1 is 1.00 bits per heavy atom. The fourth-order valence-electron chi connectivity index (χ4n) is 2.50. The average Bonchev–Trinajstić information content (AvgIpc) is 3.35. The molecule has 4 nitrogen and oxygen atoms in total. The minimum atomic E-state index is -0.150. The van der Waals surface area contributed by atoms with Crippen molar-refractivity contribution in [2.75, 3.05) is 5.32 Å². The van der Waals surface area contributed by atoms with Gasteiger partial charge in [-0.05, 0) is 30.0 Å². The number of aromatic nitrogens is 2. The van der Waals surface area contributed by atoms with Gasteiger partial charge in [0.2, 0.25) is 5.13 Å². The van der Waals surface area contributed by atoms with Gasteiger partial charge in [-0.25, -0.2) is 0 Å². The number of anilines is 1. The lowest BCUT2D eigenvalue weighted by atomic mass is 9.99. The second-order valence-corrected chi connectivity index (χ2v) is 6.59. The Labute approximate surface area is 138 Å². The van der Waals surface area contributed by atoms with E-state index in [1.54, 1.807) is 0 Å². The maximum Gasteiger partial charge on any atom is 0.258 e. The summed E-state index contributed by atoms with van der Waals surface area (Å²) in [7, 11) is 0. The zero-order valence-electron chi connectivity index (χ0n) is 12.4. The fraction of sp³-hybridized carbons (Fsp3) is 0.167. The van der Waals surface area contributed by atoms with Crippen LogP contribution in [-0.4, -0.2) is 16.1 Å². The predicted octanol–water partition coefficient (Wildman–Crippen LogP) is 4.33. The largest absolute Gasteiger partial charge is 0.296 e. The van der Waals surface area contributed by atoms with Crippen LogP contribution in [0.25, 0.3) is 11.1 Å². The van der Waals surface area contributed by atoms with E-state index in [0.29, 0.717) is 16.6 Å². The van der Waals surface area contributed by atoms with Crippen molar-refractivity contribution in [3.63, 3.8) is 0 Å². The van der Waals surface area contributed by atoms with Crippen molar-refractivity contribution >= 4 is 22.4 Å². The number of hydrogen-bond acceptors (Lipinski definition) is 4. The van der Waals surface area contributed by atoms with E-state index in [4.69, 9.17) is 0 Å². The standard InChI is InChI=1S/C18H15N3OS/c22-16(19-18-21-20-17(23-18)13-10-11-13)15-9-5-4-8-14(15)12-6-2-1-3-7-12/h1-9,13H,10-11H2,(H,19,21,22). The Kier molecular flexibility index (Phi) is 3.63. The van der Waals surface area contributed by atoms with Gasteiger partial charge in [0.05, 0.1) is 0 Å². The molecule has 0 bridgehead atoms. The lowest BCUT2D eigenvalue weighted by Gasteiger charge is -2.08. The third kappa shape index (κ3) is 3.00. The number of hydrogen-bond donors (Lipinski definition) is 1. The highest BCUT2D eigenvalue weighted by atomic mass is 32.1. The molecule has 0 saturated heterocycles. The van der Waals surface area contributed by atoms with Crippen molar-refractivity contribution in [3.8, 4) is 11.1 Å². The molecule has 5 heteroatoms. The number of rotatable bonds is 4. The summed E-state index contributed by atoms with van der Waals surface area (Å²) in [5.74, 6) is 0.401. The van der Waals surface area contributed by atoms with Gasteiger partial charge in [-0.1, -0.05) is 59.9 Å². The molecule has 0 spiro atoms. The Bertz CT molecular complexity index is 840. The van der Waals surface area contributed by atoms with E-state index >= 15 is 0 Å². The van der Waals surface area contributed by atoms with E-state index in [9.17, 15) is 4.79 Å². The van der Waals surface area contributed by atoms with E-state index in [0.717, 1.165) is 16.1 Å². The van der Waals surface area contributed by atoms with Crippen LogP contribution in [0.3, 0.4) is 0 Å². The highest BCUT2D eigenvalue weighted by molar-refractivity contribution is 7.15. The van der Waals surface area contributed by atoms with Crippen LogP contribution < -0.4 is 5.32 Å². The van der Waals surface area contributed by atoms with Gasteiger partial charge >= 0.3 is 0 Å². The molecule has 0 atom stereocenters. The zero-order valence-corrected chi connectivity index (χ0v) is 13.2. The Morgan fingerprint density at radius 2 is 1.74 bits per heavy atom. The number of amides is 1. The molecule has 1 aromatic heterocycles. The van der Waals surface area contributed by atoms with Crippen molar-refractivity contribution in [3.05, 3.63) is 65.2 Å². The smallest absolute Gasteiger partial charge is 0.258 e. The van der Waals surface area contributed by atoms with Crippen LogP contribution in [0, 0.1) is 0 Å². The van der Waals surface area contributed by atoms with Crippen molar-refractivity contribution in [1.29, 1.82) is 0 Å². The summed E-state index contributed by atoms with van der Waals surface area (Å²) in [5, 5.41) is 12.7. The van der Waals surface area contributed by atoms with Crippen molar-refractivity contribution < 1.29 is 4.79 Å². The SMILES string of the molecule is O=C(Nc1nnc(C2CC2)s1)c1ccccc1-c1ccccc1. The molecule has 1 N–H and O–H groups in total. The summed E-state index contributed by atoms with van der Waals surface area (Å²) in [4.78, 5) is 12.6. The molecule has 4 rings (SSSR count). The van der Waals surface area contributed by atoms with Gasteiger partial charge in [-0.3, -0.25) is 10.1 Å². The lowest BCUT2D eigenvalue weighted by molar-refractivity contribution is 0.102. The Hall–Kier alpha value is -2.53. The number of nitrogens with zero attached hydrogens (tertiary/aromatic N) is 2. The predicted molar refractivity (Wildman–Crippen MR) is 91.7 cm³/mol. The normalized spacial score (nSPS) is 13.7. The van der Waals surface area contributed by atoms with Crippen LogP contribution in [0.4, 0.5) is 5.13 Å². The molecule has 1 heterocycles. The van der Waals surface area contributed by atoms with Crippen LogP contribution in [0.1, 0.15) is 34.1 Å². The van der Waals surface area contributed by atoms with Crippen molar-refractivity contribution in [2.45, 2.75) is 18.8 Å². The third-order valence-corrected chi connectivity index (χ3v) is 4.85. The van der Waals surface area contributed by atoms with Crippen molar-refractivity contribution in [2.24, 2.45) is 0 Å². The molecule has 1 aliphatic rings. The first-order valence-electron chi connectivity index (χ1n) is 7.60. The van der Waals surface area contributed by atoms with Crippen LogP contribution in [0.2, 0.25) is 0 Å². The molecular weight excluding hydrogens is 306 g/mol. The lowest BCUT2D eigenvalue weighted by Crippen LogP contribution is -2.13. The highest BCUT2D eigenvalue weighted by Gasteiger charge is 2.27. The second-order valence-electron chi connectivity index (χ2n) is 5.59. The first kappa shape index (κ1) is 14.1. The molecular formula is C18H15N3OS. The molecule has 23 heavy (non-hydrogen) atoms. The summed E-state index contributed by atoms with van der Waals surface area (Å²) in [6.45, 7) is 0. The van der Waals surface area contributed by atoms with E-state index < -0.39 is 0 Å². The summed E-state index contributed by atoms with van der Waals surface area (Å²) < 4.78 is 0. The fourth-order valence-corrected chi connectivity index (χ4v) is 3.40. The first-order chi connectivity index (χ1) is 11.3. The summed E-state index contributed by atoms with van der Waals surface area (Å²) in [6, 6.07) is 17.5. The molecule has 1 fully saturated rings. The van der Waals surface area contributed by atoms with Gasteiger partial charge in [0.1, 0.15) is 5.01 Å². The minimum Gasteiger partial charge on any atom is -0.296 e. The van der Waals surface area contributed by atoms with E-state index in [-0.39, 0.29) is 5.91 Å². The second kappa shape index (κ2) is 5.93. The average molecular weight is 321 g/mol. The zero-order chi connectivity index (χ0) is 15.6. The van der Waals surface area contributed by atoms with Gasteiger partial charge in [0.25, 0.3) is 5.91 Å². The molecule has 1 saturated carbocycles. The molecule has 114 valence electrons. The summed E-state index contributed by atoms with van der Waals surface area (Å²) in [5.41, 5.74) is 2.58. The third-order valence-electron chi connectivity index (χ3n) is 3.84. The molecule has 1 amide bonds. The van der Waals surface area contributed by atoms with Gasteiger partial charge in [-0.15, -0.1) is 10.2 Å². The Morgan fingerprint density at radius 3 is 2.52 bits per heavy atom. The molecule has 0 radical (unpaired) electrons. The molecule has 2 aromatic carbocycles. The van der Waals surface area contributed by atoms with Crippen LogP contribution in [0.5, 0.6) is 0 Å². The van der Waals surface area contributed by atoms with Crippen LogP contribution in [0.15, 0.2) is 54.6 Å². The number of nitrogens with one attached hydrogen (secondary N) is 1. The van der Waals surface area contributed by atoms with Gasteiger partial charge in [-0.2, -0.15) is 0 Å². The molecule has 0 unspecified atom stereocenters. The molecule has 1 aliphatic carbocycles. The molecule has 0 aliphatic heterocycles. The number of carbonyl (C=O) groups is 1. The Balaban J connectivity index is 1.60. The van der Waals surface area contributed by atoms with E-state index in [2.05, 4.69) is 15.5 Å². The number of benzene rings is 2. The topological polar surface area (TPSA) is 54.9 Å².